The molecule has 3 aromatic heterocycles. The molecule has 0 bridgehead atoms. The Morgan fingerprint density at radius 3 is 2.65 bits per heavy atom. The SMILES string of the molecule is O=C(CSc1nnc(Cc2ccccc2)o1)N1N=C(c2ccco2)CC1c1ccco1. The molecule has 8 nitrogen and oxygen atoms in total. The number of rotatable bonds is 7. The molecule has 9 heteroatoms. The van der Waals surface area contributed by atoms with Gasteiger partial charge < -0.3 is 13.3 Å². The summed E-state index contributed by atoms with van der Waals surface area (Å²) in [6.07, 6.45) is 4.23. The molecule has 5 rings (SSSR count). The van der Waals surface area contributed by atoms with Crippen molar-refractivity contribution >= 4 is 23.4 Å². The lowest BCUT2D eigenvalue weighted by molar-refractivity contribution is -0.130. The van der Waals surface area contributed by atoms with Crippen molar-refractivity contribution in [2.45, 2.75) is 24.1 Å². The predicted octanol–water partition coefficient (Wildman–Crippen LogP) is 4.32. The summed E-state index contributed by atoms with van der Waals surface area (Å²) in [5.74, 6) is 1.75. The largest absolute Gasteiger partial charge is 0.467 e. The molecule has 0 aliphatic carbocycles. The Morgan fingerprint density at radius 2 is 1.87 bits per heavy atom. The van der Waals surface area contributed by atoms with Crippen LogP contribution in [-0.2, 0) is 11.2 Å². The fourth-order valence-electron chi connectivity index (χ4n) is 3.36. The van der Waals surface area contributed by atoms with Crippen LogP contribution in [0.5, 0.6) is 0 Å². The summed E-state index contributed by atoms with van der Waals surface area (Å²) in [5.41, 5.74) is 1.78. The van der Waals surface area contributed by atoms with Gasteiger partial charge in [-0.3, -0.25) is 4.79 Å². The van der Waals surface area contributed by atoms with E-state index in [0.29, 0.717) is 41.2 Å². The van der Waals surface area contributed by atoms with Crippen LogP contribution in [0, 0.1) is 0 Å². The molecule has 0 fully saturated rings. The molecule has 0 spiro atoms. The average molecular weight is 434 g/mol. The molecule has 1 aliphatic rings. The van der Waals surface area contributed by atoms with Gasteiger partial charge in [-0.15, -0.1) is 10.2 Å². The Bertz CT molecular complexity index is 1170. The smallest absolute Gasteiger partial charge is 0.277 e. The first-order valence-corrected chi connectivity index (χ1v) is 10.7. The molecule has 1 aliphatic heterocycles. The van der Waals surface area contributed by atoms with Gasteiger partial charge in [0.2, 0.25) is 5.89 Å². The standard InChI is InChI=1S/C22H18N4O4S/c27-21(14-31-22-24-23-20(30-22)12-15-6-2-1-3-7-15)26-17(19-9-5-11-29-19)13-16(25-26)18-8-4-10-28-18/h1-11,17H,12-14H2. The quantitative estimate of drug-likeness (QED) is 0.400. The number of nitrogens with zero attached hydrogens (tertiary/aromatic N) is 4. The lowest BCUT2D eigenvalue weighted by atomic mass is 10.1. The summed E-state index contributed by atoms with van der Waals surface area (Å²) >= 11 is 1.19. The van der Waals surface area contributed by atoms with Crippen LogP contribution in [0.15, 0.2) is 90.7 Å². The Labute approximate surface area is 181 Å². The van der Waals surface area contributed by atoms with Crippen LogP contribution >= 0.6 is 11.8 Å². The molecule has 1 atom stereocenters. The number of hydrogen-bond donors (Lipinski definition) is 0. The second-order valence-corrected chi connectivity index (χ2v) is 7.84. The van der Waals surface area contributed by atoms with Crippen LogP contribution in [0.3, 0.4) is 0 Å². The van der Waals surface area contributed by atoms with E-state index in [1.807, 2.05) is 42.5 Å². The second-order valence-electron chi connectivity index (χ2n) is 6.91. The van der Waals surface area contributed by atoms with Gasteiger partial charge in [-0.05, 0) is 29.8 Å². The maximum atomic E-state index is 13.0. The van der Waals surface area contributed by atoms with Gasteiger partial charge in [-0.2, -0.15) is 5.10 Å². The average Bonchev–Trinajstić information content (AvgIpc) is 3.59. The van der Waals surface area contributed by atoms with Crippen molar-refractivity contribution in [2.75, 3.05) is 5.75 Å². The van der Waals surface area contributed by atoms with Gasteiger partial charge in [-0.1, -0.05) is 42.1 Å². The first-order valence-electron chi connectivity index (χ1n) is 9.72. The topological polar surface area (TPSA) is 97.9 Å². The molecule has 1 aromatic carbocycles. The van der Waals surface area contributed by atoms with Gasteiger partial charge in [-0.25, -0.2) is 5.01 Å². The van der Waals surface area contributed by atoms with Gasteiger partial charge in [0.25, 0.3) is 11.1 Å². The van der Waals surface area contributed by atoms with E-state index < -0.39 is 0 Å². The van der Waals surface area contributed by atoms with Crippen LogP contribution in [0.1, 0.15) is 35.4 Å². The van der Waals surface area contributed by atoms with Crippen molar-refractivity contribution in [3.63, 3.8) is 0 Å². The number of furan rings is 2. The molecule has 4 aromatic rings. The highest BCUT2D eigenvalue weighted by Gasteiger charge is 2.35. The molecule has 0 radical (unpaired) electrons. The number of hydrogen-bond acceptors (Lipinski definition) is 8. The van der Waals surface area contributed by atoms with Gasteiger partial charge >= 0.3 is 0 Å². The van der Waals surface area contributed by atoms with Crippen LogP contribution in [0.25, 0.3) is 0 Å². The van der Waals surface area contributed by atoms with E-state index in [1.54, 1.807) is 24.7 Å². The molecule has 4 heterocycles. The van der Waals surface area contributed by atoms with E-state index in [1.165, 1.54) is 16.8 Å². The summed E-state index contributed by atoms with van der Waals surface area (Å²) < 4.78 is 16.7. The van der Waals surface area contributed by atoms with Crippen LogP contribution < -0.4 is 0 Å². The lowest BCUT2D eigenvalue weighted by Gasteiger charge is -2.19. The third kappa shape index (κ3) is 4.31. The second kappa shape index (κ2) is 8.65. The number of amides is 1. The lowest BCUT2D eigenvalue weighted by Crippen LogP contribution is -2.28. The molecule has 0 saturated heterocycles. The van der Waals surface area contributed by atoms with E-state index >= 15 is 0 Å². The molecule has 1 amide bonds. The third-order valence-electron chi connectivity index (χ3n) is 4.81. The number of hydrazone groups is 1. The third-order valence-corrected chi connectivity index (χ3v) is 5.61. The molecule has 0 N–H and O–H groups in total. The molecular formula is C22H18N4O4S. The summed E-state index contributed by atoms with van der Waals surface area (Å²) in [6, 6.07) is 16.8. The van der Waals surface area contributed by atoms with E-state index in [4.69, 9.17) is 13.3 Å². The van der Waals surface area contributed by atoms with Crippen molar-refractivity contribution in [3.8, 4) is 0 Å². The zero-order valence-corrected chi connectivity index (χ0v) is 17.2. The molecule has 31 heavy (non-hydrogen) atoms. The minimum Gasteiger partial charge on any atom is -0.467 e. The normalized spacial score (nSPS) is 15.9. The van der Waals surface area contributed by atoms with Crippen LogP contribution in [-0.4, -0.2) is 32.6 Å². The molecular weight excluding hydrogens is 416 g/mol. The summed E-state index contributed by atoms with van der Waals surface area (Å²) in [5, 5.41) is 14.4. The first-order chi connectivity index (χ1) is 15.3. The minimum atomic E-state index is -0.320. The van der Waals surface area contributed by atoms with Gasteiger partial charge in [0.15, 0.2) is 0 Å². The highest BCUT2D eigenvalue weighted by atomic mass is 32.2. The minimum absolute atomic E-state index is 0.110. The van der Waals surface area contributed by atoms with Crippen molar-refractivity contribution in [3.05, 3.63) is 90.1 Å². The molecule has 0 saturated carbocycles. The van der Waals surface area contributed by atoms with Gasteiger partial charge in [0.1, 0.15) is 23.3 Å². The summed E-state index contributed by atoms with van der Waals surface area (Å²) in [4.78, 5) is 13.0. The van der Waals surface area contributed by atoms with E-state index in [2.05, 4.69) is 15.3 Å². The fourth-order valence-corrected chi connectivity index (χ4v) is 4.00. The highest BCUT2D eigenvalue weighted by molar-refractivity contribution is 7.99. The number of carbonyl (C=O) groups is 1. The first kappa shape index (κ1) is 19.4. The summed E-state index contributed by atoms with van der Waals surface area (Å²) in [7, 11) is 0. The van der Waals surface area contributed by atoms with Crippen molar-refractivity contribution in [1.82, 2.24) is 15.2 Å². The maximum absolute atomic E-state index is 13.0. The van der Waals surface area contributed by atoms with Crippen molar-refractivity contribution < 1.29 is 18.0 Å². The molecule has 156 valence electrons. The van der Waals surface area contributed by atoms with Crippen LogP contribution in [0.2, 0.25) is 0 Å². The van der Waals surface area contributed by atoms with E-state index in [0.717, 1.165) is 5.56 Å². The zero-order valence-electron chi connectivity index (χ0n) is 16.4. The number of thioether (sulfide) groups is 1. The van der Waals surface area contributed by atoms with Crippen molar-refractivity contribution in [2.24, 2.45) is 5.10 Å². The number of carbonyl (C=O) groups excluding carboxylic acids is 1. The Hall–Kier alpha value is -3.59. The van der Waals surface area contributed by atoms with Crippen molar-refractivity contribution in [1.29, 1.82) is 0 Å². The predicted molar refractivity (Wildman–Crippen MR) is 112 cm³/mol. The number of aromatic nitrogens is 2. The van der Waals surface area contributed by atoms with E-state index in [9.17, 15) is 4.79 Å². The Kier molecular flexibility index (Phi) is 5.40. The molecule has 1 unspecified atom stereocenters. The monoisotopic (exact) mass is 434 g/mol. The van der Waals surface area contributed by atoms with E-state index in [-0.39, 0.29) is 17.7 Å². The highest BCUT2D eigenvalue weighted by Crippen LogP contribution is 2.34. The van der Waals surface area contributed by atoms with Gasteiger partial charge in [0, 0.05) is 6.42 Å². The fraction of sp³-hybridized carbons (Fsp3) is 0.182. The maximum Gasteiger partial charge on any atom is 0.277 e. The zero-order chi connectivity index (χ0) is 21.0. The van der Waals surface area contributed by atoms with Gasteiger partial charge in [0.05, 0.1) is 24.7 Å². The van der Waals surface area contributed by atoms with Crippen LogP contribution in [0.4, 0.5) is 0 Å². The number of benzene rings is 1. The Morgan fingerprint density at radius 1 is 1.03 bits per heavy atom. The summed E-state index contributed by atoms with van der Waals surface area (Å²) in [6.45, 7) is 0. The Balaban J connectivity index is 1.26.